The molecule has 19 heavy (non-hydrogen) atoms. The molecule has 0 bridgehead atoms. The fourth-order valence-electron chi connectivity index (χ4n) is 1.95. The number of carboxylic acids is 1. The first-order chi connectivity index (χ1) is 9.00. The SMILES string of the molecule is CC(=O)c1c(OC(C)C(=O)O)ccc2ccccc12. The number of ketones is 1. The molecule has 1 N–H and O–H groups in total. The van der Waals surface area contributed by atoms with Gasteiger partial charge in [0.2, 0.25) is 0 Å². The molecule has 0 aliphatic rings. The van der Waals surface area contributed by atoms with Crippen LogP contribution in [0.2, 0.25) is 0 Å². The van der Waals surface area contributed by atoms with Crippen LogP contribution in [-0.2, 0) is 4.79 Å². The summed E-state index contributed by atoms with van der Waals surface area (Å²) >= 11 is 0. The van der Waals surface area contributed by atoms with Gasteiger partial charge in [-0.1, -0.05) is 30.3 Å². The second kappa shape index (κ2) is 5.10. The summed E-state index contributed by atoms with van der Waals surface area (Å²) in [7, 11) is 0. The maximum absolute atomic E-state index is 11.8. The van der Waals surface area contributed by atoms with Gasteiger partial charge < -0.3 is 9.84 Å². The van der Waals surface area contributed by atoms with Gasteiger partial charge in [-0.15, -0.1) is 0 Å². The number of carboxylic acid groups (broad SMARTS) is 1. The molecule has 98 valence electrons. The summed E-state index contributed by atoms with van der Waals surface area (Å²) in [6.07, 6.45) is -1.00. The number of hydrogen-bond donors (Lipinski definition) is 1. The minimum atomic E-state index is -1.07. The number of carbonyl (C=O) groups is 2. The van der Waals surface area contributed by atoms with Crippen LogP contribution in [0.25, 0.3) is 10.8 Å². The van der Waals surface area contributed by atoms with Crippen molar-refractivity contribution in [2.24, 2.45) is 0 Å². The average molecular weight is 258 g/mol. The van der Waals surface area contributed by atoms with Gasteiger partial charge in [0.15, 0.2) is 11.9 Å². The van der Waals surface area contributed by atoms with Crippen molar-refractivity contribution in [2.75, 3.05) is 0 Å². The van der Waals surface area contributed by atoms with E-state index in [-0.39, 0.29) is 5.78 Å². The maximum Gasteiger partial charge on any atom is 0.344 e. The third-order valence-electron chi connectivity index (χ3n) is 2.89. The number of fused-ring (bicyclic) bond motifs is 1. The summed E-state index contributed by atoms with van der Waals surface area (Å²) in [5, 5.41) is 10.6. The van der Waals surface area contributed by atoms with Crippen molar-refractivity contribution in [3.63, 3.8) is 0 Å². The zero-order valence-corrected chi connectivity index (χ0v) is 10.7. The zero-order valence-electron chi connectivity index (χ0n) is 10.7. The van der Waals surface area contributed by atoms with Gasteiger partial charge in [-0.3, -0.25) is 4.79 Å². The largest absolute Gasteiger partial charge is 0.479 e. The molecule has 0 saturated heterocycles. The lowest BCUT2D eigenvalue weighted by atomic mass is 10.0. The molecule has 0 aliphatic heterocycles. The van der Waals surface area contributed by atoms with Crippen molar-refractivity contribution in [2.45, 2.75) is 20.0 Å². The molecule has 2 aromatic carbocycles. The number of hydrogen-bond acceptors (Lipinski definition) is 3. The molecule has 2 aromatic rings. The van der Waals surface area contributed by atoms with Crippen LogP contribution in [0.4, 0.5) is 0 Å². The molecule has 0 saturated carbocycles. The van der Waals surface area contributed by atoms with Gasteiger partial charge >= 0.3 is 5.97 Å². The quantitative estimate of drug-likeness (QED) is 0.856. The van der Waals surface area contributed by atoms with Crippen molar-refractivity contribution in [3.8, 4) is 5.75 Å². The Bertz CT molecular complexity index is 646. The van der Waals surface area contributed by atoms with Gasteiger partial charge in [0.1, 0.15) is 5.75 Å². The monoisotopic (exact) mass is 258 g/mol. The van der Waals surface area contributed by atoms with E-state index in [2.05, 4.69) is 0 Å². The van der Waals surface area contributed by atoms with Gasteiger partial charge in [0.25, 0.3) is 0 Å². The van der Waals surface area contributed by atoms with Crippen LogP contribution in [0, 0.1) is 0 Å². The zero-order chi connectivity index (χ0) is 14.0. The summed E-state index contributed by atoms with van der Waals surface area (Å²) in [6.45, 7) is 2.88. The molecule has 4 nitrogen and oxygen atoms in total. The highest BCUT2D eigenvalue weighted by molar-refractivity contribution is 6.09. The lowest BCUT2D eigenvalue weighted by Crippen LogP contribution is -2.23. The van der Waals surface area contributed by atoms with E-state index in [4.69, 9.17) is 9.84 Å². The third kappa shape index (κ3) is 2.57. The molecule has 0 heterocycles. The summed E-state index contributed by atoms with van der Waals surface area (Å²) in [6, 6.07) is 10.9. The van der Waals surface area contributed by atoms with Crippen LogP contribution in [0.3, 0.4) is 0 Å². The Morgan fingerprint density at radius 2 is 1.84 bits per heavy atom. The molecule has 0 fully saturated rings. The predicted molar refractivity (Wildman–Crippen MR) is 71.7 cm³/mol. The molecule has 1 atom stereocenters. The molecular formula is C15H14O4. The van der Waals surface area contributed by atoms with E-state index in [0.717, 1.165) is 10.8 Å². The Labute approximate surface area is 110 Å². The van der Waals surface area contributed by atoms with E-state index >= 15 is 0 Å². The van der Waals surface area contributed by atoms with E-state index in [0.29, 0.717) is 11.3 Å². The number of rotatable bonds is 4. The fourth-order valence-corrected chi connectivity index (χ4v) is 1.95. The summed E-state index contributed by atoms with van der Waals surface area (Å²) in [5.41, 5.74) is 0.422. The van der Waals surface area contributed by atoms with Gasteiger partial charge in [-0.2, -0.15) is 0 Å². The maximum atomic E-state index is 11.8. The van der Waals surface area contributed by atoms with Gasteiger partial charge in [-0.05, 0) is 30.7 Å². The number of benzene rings is 2. The first kappa shape index (κ1) is 13.1. The molecule has 2 rings (SSSR count). The van der Waals surface area contributed by atoms with E-state index < -0.39 is 12.1 Å². The fraction of sp³-hybridized carbons (Fsp3) is 0.200. The number of Topliss-reactive ketones (excluding diaryl/α,β-unsaturated/α-hetero) is 1. The van der Waals surface area contributed by atoms with Crippen molar-refractivity contribution in [1.82, 2.24) is 0 Å². The molecule has 0 aliphatic carbocycles. The lowest BCUT2D eigenvalue weighted by molar-refractivity contribution is -0.144. The van der Waals surface area contributed by atoms with E-state index in [1.165, 1.54) is 13.8 Å². The predicted octanol–water partition coefficient (Wildman–Crippen LogP) is 2.89. The van der Waals surface area contributed by atoms with Crippen LogP contribution in [0.1, 0.15) is 24.2 Å². The second-order valence-corrected chi connectivity index (χ2v) is 4.31. The van der Waals surface area contributed by atoms with Crippen LogP contribution in [0.15, 0.2) is 36.4 Å². The van der Waals surface area contributed by atoms with Gasteiger partial charge in [-0.25, -0.2) is 4.79 Å². The normalized spacial score (nSPS) is 12.1. The Kier molecular flexibility index (Phi) is 3.51. The van der Waals surface area contributed by atoms with Crippen molar-refractivity contribution < 1.29 is 19.4 Å². The third-order valence-corrected chi connectivity index (χ3v) is 2.89. The Morgan fingerprint density at radius 1 is 1.16 bits per heavy atom. The van der Waals surface area contributed by atoms with E-state index in [1.807, 2.05) is 30.3 Å². The summed E-state index contributed by atoms with van der Waals surface area (Å²) in [5.74, 6) is -0.909. The first-order valence-corrected chi connectivity index (χ1v) is 5.93. The van der Waals surface area contributed by atoms with Crippen molar-refractivity contribution in [3.05, 3.63) is 42.0 Å². The van der Waals surface area contributed by atoms with Crippen LogP contribution in [0.5, 0.6) is 5.75 Å². The average Bonchev–Trinajstić information content (AvgIpc) is 2.37. The molecule has 0 amide bonds. The van der Waals surface area contributed by atoms with Gasteiger partial charge in [0, 0.05) is 0 Å². The molecule has 1 unspecified atom stereocenters. The lowest BCUT2D eigenvalue weighted by Gasteiger charge is -2.15. The van der Waals surface area contributed by atoms with Crippen molar-refractivity contribution >= 4 is 22.5 Å². The second-order valence-electron chi connectivity index (χ2n) is 4.31. The Balaban J connectivity index is 2.58. The highest BCUT2D eigenvalue weighted by Gasteiger charge is 2.18. The van der Waals surface area contributed by atoms with Crippen LogP contribution >= 0.6 is 0 Å². The number of aliphatic carboxylic acids is 1. The van der Waals surface area contributed by atoms with Gasteiger partial charge in [0.05, 0.1) is 5.56 Å². The molecule has 0 radical (unpaired) electrons. The van der Waals surface area contributed by atoms with Crippen molar-refractivity contribution in [1.29, 1.82) is 0 Å². The Hall–Kier alpha value is -2.36. The van der Waals surface area contributed by atoms with E-state index in [9.17, 15) is 9.59 Å². The minimum Gasteiger partial charge on any atom is -0.479 e. The Morgan fingerprint density at radius 3 is 2.47 bits per heavy atom. The summed E-state index contributed by atoms with van der Waals surface area (Å²) < 4.78 is 5.36. The highest BCUT2D eigenvalue weighted by atomic mass is 16.5. The first-order valence-electron chi connectivity index (χ1n) is 5.93. The topological polar surface area (TPSA) is 63.6 Å². The van der Waals surface area contributed by atoms with Crippen LogP contribution in [-0.4, -0.2) is 23.0 Å². The molecule has 0 aromatic heterocycles. The minimum absolute atomic E-state index is 0.149. The highest BCUT2D eigenvalue weighted by Crippen LogP contribution is 2.29. The standard InChI is InChI=1S/C15H14O4/c1-9(16)14-12-6-4-3-5-11(12)7-8-13(14)19-10(2)15(17)18/h3-8,10H,1-2H3,(H,17,18). The van der Waals surface area contributed by atoms with E-state index in [1.54, 1.807) is 6.07 Å². The molecule has 4 heteroatoms. The molecular weight excluding hydrogens is 244 g/mol. The van der Waals surface area contributed by atoms with Crippen LogP contribution < -0.4 is 4.74 Å². The number of carbonyl (C=O) groups excluding carboxylic acids is 1. The molecule has 0 spiro atoms. The summed E-state index contributed by atoms with van der Waals surface area (Å²) in [4.78, 5) is 22.6. The smallest absolute Gasteiger partial charge is 0.344 e. The number of ether oxygens (including phenoxy) is 1.